The summed E-state index contributed by atoms with van der Waals surface area (Å²) in [7, 11) is 0. The van der Waals surface area contributed by atoms with Crippen LogP contribution in [0.3, 0.4) is 0 Å². The van der Waals surface area contributed by atoms with E-state index in [1.807, 2.05) is 24.3 Å². The molecule has 0 spiro atoms. The predicted octanol–water partition coefficient (Wildman–Crippen LogP) is 4.71. The van der Waals surface area contributed by atoms with Gasteiger partial charge in [0.05, 0.1) is 0 Å². The third kappa shape index (κ3) is 5.34. The van der Waals surface area contributed by atoms with Crippen molar-refractivity contribution >= 4 is 29.2 Å². The first-order valence-electron chi connectivity index (χ1n) is 8.61. The molecule has 0 aliphatic carbocycles. The van der Waals surface area contributed by atoms with E-state index in [2.05, 4.69) is 5.32 Å². The molecule has 0 fully saturated rings. The number of esters is 1. The van der Waals surface area contributed by atoms with Crippen molar-refractivity contribution in [3.05, 3.63) is 95.0 Å². The van der Waals surface area contributed by atoms with Crippen molar-refractivity contribution in [2.45, 2.75) is 6.61 Å². The number of ether oxygens (including phenoxy) is 2. The van der Waals surface area contributed by atoms with E-state index in [1.165, 1.54) is 0 Å². The lowest BCUT2D eigenvalue weighted by Crippen LogP contribution is -2.21. The molecule has 0 aromatic heterocycles. The number of amides is 1. The molecule has 3 aromatic carbocycles. The zero-order chi connectivity index (χ0) is 19.8. The predicted molar refractivity (Wildman–Crippen MR) is 108 cm³/mol. The maximum atomic E-state index is 12.4. The minimum Gasteiger partial charge on any atom is -0.488 e. The fraction of sp³-hybridized carbons (Fsp3) is 0.0909. The van der Waals surface area contributed by atoms with Gasteiger partial charge in [-0.05, 0) is 30.3 Å². The molecule has 3 rings (SSSR count). The third-order valence-electron chi connectivity index (χ3n) is 3.84. The summed E-state index contributed by atoms with van der Waals surface area (Å²) in [5, 5.41) is 3.24. The maximum absolute atomic E-state index is 12.4. The van der Waals surface area contributed by atoms with Crippen molar-refractivity contribution in [2.75, 3.05) is 11.9 Å². The number of hydrogen-bond donors (Lipinski definition) is 1. The number of carbonyl (C=O) groups excluding carboxylic acids is 2. The number of rotatable bonds is 7. The van der Waals surface area contributed by atoms with Crippen LogP contribution in [0.4, 0.5) is 5.69 Å². The second-order valence-corrected chi connectivity index (χ2v) is 6.27. The SMILES string of the molecule is O=C(COC(=O)c1ccccc1OCc1ccccc1Cl)Nc1ccccc1. The van der Waals surface area contributed by atoms with Crippen molar-refractivity contribution in [2.24, 2.45) is 0 Å². The Hall–Kier alpha value is -3.31. The number of hydrogen-bond acceptors (Lipinski definition) is 4. The lowest BCUT2D eigenvalue weighted by atomic mass is 10.2. The van der Waals surface area contributed by atoms with Gasteiger partial charge in [-0.25, -0.2) is 4.79 Å². The molecule has 0 heterocycles. The molecule has 0 unspecified atom stereocenters. The van der Waals surface area contributed by atoms with Crippen LogP contribution >= 0.6 is 11.6 Å². The highest BCUT2D eigenvalue weighted by Crippen LogP contribution is 2.22. The van der Waals surface area contributed by atoms with Crippen LogP contribution in [0.1, 0.15) is 15.9 Å². The molecule has 0 atom stereocenters. The van der Waals surface area contributed by atoms with Gasteiger partial charge >= 0.3 is 5.97 Å². The van der Waals surface area contributed by atoms with E-state index in [0.29, 0.717) is 16.5 Å². The van der Waals surface area contributed by atoms with Gasteiger partial charge in [-0.2, -0.15) is 0 Å². The van der Waals surface area contributed by atoms with Gasteiger partial charge in [0.1, 0.15) is 17.9 Å². The molecule has 28 heavy (non-hydrogen) atoms. The Balaban J connectivity index is 1.59. The van der Waals surface area contributed by atoms with E-state index in [9.17, 15) is 9.59 Å². The summed E-state index contributed by atoms with van der Waals surface area (Å²) >= 11 is 6.13. The third-order valence-corrected chi connectivity index (χ3v) is 4.21. The van der Waals surface area contributed by atoms with Crippen molar-refractivity contribution in [1.82, 2.24) is 0 Å². The van der Waals surface area contributed by atoms with Gasteiger partial charge in [-0.3, -0.25) is 4.79 Å². The molecule has 0 bridgehead atoms. The Kier molecular flexibility index (Phi) is 6.65. The van der Waals surface area contributed by atoms with Gasteiger partial charge < -0.3 is 14.8 Å². The van der Waals surface area contributed by atoms with E-state index in [-0.39, 0.29) is 12.2 Å². The summed E-state index contributed by atoms with van der Waals surface area (Å²) in [5.74, 6) is -0.706. The molecule has 0 radical (unpaired) electrons. The van der Waals surface area contributed by atoms with Gasteiger partial charge in [0.15, 0.2) is 6.61 Å². The van der Waals surface area contributed by atoms with E-state index < -0.39 is 18.5 Å². The van der Waals surface area contributed by atoms with Crippen molar-refractivity contribution in [3.8, 4) is 5.75 Å². The Labute approximate surface area is 167 Å². The minimum atomic E-state index is -0.641. The Bertz CT molecular complexity index is 960. The van der Waals surface area contributed by atoms with E-state index in [0.717, 1.165) is 5.56 Å². The second-order valence-electron chi connectivity index (χ2n) is 5.87. The largest absolute Gasteiger partial charge is 0.488 e. The summed E-state index contributed by atoms with van der Waals surface area (Å²) in [6, 6.07) is 22.9. The first kappa shape index (κ1) is 19.5. The van der Waals surface area contributed by atoms with Crippen LogP contribution in [0.15, 0.2) is 78.9 Å². The van der Waals surface area contributed by atoms with Gasteiger partial charge in [0.2, 0.25) is 0 Å². The highest BCUT2D eigenvalue weighted by Gasteiger charge is 2.16. The summed E-state index contributed by atoms with van der Waals surface area (Å²) in [5.41, 5.74) is 1.67. The first-order chi connectivity index (χ1) is 13.6. The molecule has 0 saturated carbocycles. The van der Waals surface area contributed by atoms with E-state index >= 15 is 0 Å². The van der Waals surface area contributed by atoms with Crippen LogP contribution in [-0.2, 0) is 16.1 Å². The maximum Gasteiger partial charge on any atom is 0.342 e. The van der Waals surface area contributed by atoms with Crippen LogP contribution in [-0.4, -0.2) is 18.5 Å². The first-order valence-corrected chi connectivity index (χ1v) is 8.98. The van der Waals surface area contributed by atoms with Gasteiger partial charge in [-0.1, -0.05) is 60.1 Å². The molecule has 0 saturated heterocycles. The average molecular weight is 396 g/mol. The number of anilines is 1. The summed E-state index contributed by atoms with van der Waals surface area (Å²) in [6.45, 7) is -0.189. The number of carbonyl (C=O) groups is 2. The second kappa shape index (κ2) is 9.58. The summed E-state index contributed by atoms with van der Waals surface area (Å²) in [6.07, 6.45) is 0. The Morgan fingerprint density at radius 1 is 0.857 bits per heavy atom. The Morgan fingerprint density at radius 2 is 1.54 bits per heavy atom. The molecule has 1 N–H and O–H groups in total. The van der Waals surface area contributed by atoms with Crippen LogP contribution in [0, 0.1) is 0 Å². The van der Waals surface area contributed by atoms with Gasteiger partial charge in [0.25, 0.3) is 5.91 Å². The fourth-order valence-electron chi connectivity index (χ4n) is 2.46. The average Bonchev–Trinajstić information content (AvgIpc) is 2.72. The molecule has 6 heteroatoms. The highest BCUT2D eigenvalue weighted by atomic mass is 35.5. The number of nitrogens with one attached hydrogen (secondary N) is 1. The van der Waals surface area contributed by atoms with Crippen LogP contribution in [0.2, 0.25) is 5.02 Å². The summed E-state index contributed by atoms with van der Waals surface area (Å²) in [4.78, 5) is 24.3. The zero-order valence-electron chi connectivity index (χ0n) is 14.9. The van der Waals surface area contributed by atoms with Crippen molar-refractivity contribution in [1.29, 1.82) is 0 Å². The van der Waals surface area contributed by atoms with Gasteiger partial charge in [-0.15, -0.1) is 0 Å². The molecule has 1 amide bonds. The number of benzene rings is 3. The minimum absolute atomic E-state index is 0.207. The van der Waals surface area contributed by atoms with Crippen molar-refractivity contribution < 1.29 is 19.1 Å². The molecule has 0 aliphatic rings. The lowest BCUT2D eigenvalue weighted by molar-refractivity contribution is -0.119. The number of halogens is 1. The molecule has 142 valence electrons. The highest BCUT2D eigenvalue weighted by molar-refractivity contribution is 6.31. The van der Waals surface area contributed by atoms with E-state index in [4.69, 9.17) is 21.1 Å². The van der Waals surface area contributed by atoms with E-state index in [1.54, 1.807) is 54.6 Å². The molecular formula is C22H18ClNO4. The smallest absolute Gasteiger partial charge is 0.342 e. The quantitative estimate of drug-likeness (QED) is 0.588. The van der Waals surface area contributed by atoms with Crippen molar-refractivity contribution in [3.63, 3.8) is 0 Å². The Morgan fingerprint density at radius 3 is 2.32 bits per heavy atom. The molecule has 5 nitrogen and oxygen atoms in total. The zero-order valence-corrected chi connectivity index (χ0v) is 15.7. The lowest BCUT2D eigenvalue weighted by Gasteiger charge is -2.12. The molecule has 0 aliphatic heterocycles. The normalized spacial score (nSPS) is 10.2. The molecule has 3 aromatic rings. The summed E-state index contributed by atoms with van der Waals surface area (Å²) < 4.78 is 10.9. The monoisotopic (exact) mass is 395 g/mol. The van der Waals surface area contributed by atoms with Crippen LogP contribution in [0.25, 0.3) is 0 Å². The fourth-order valence-corrected chi connectivity index (χ4v) is 2.65. The topological polar surface area (TPSA) is 64.6 Å². The van der Waals surface area contributed by atoms with Crippen LogP contribution in [0.5, 0.6) is 5.75 Å². The van der Waals surface area contributed by atoms with Gasteiger partial charge in [0, 0.05) is 16.3 Å². The van der Waals surface area contributed by atoms with Crippen LogP contribution < -0.4 is 10.1 Å². The molecular weight excluding hydrogens is 378 g/mol. The number of para-hydroxylation sites is 2. The standard InChI is InChI=1S/C22H18ClNO4/c23-19-12-6-4-8-16(19)14-27-20-13-7-5-11-18(20)22(26)28-15-21(25)24-17-9-2-1-3-10-17/h1-13H,14-15H2,(H,24,25).